The van der Waals surface area contributed by atoms with Crippen molar-refractivity contribution in [3.63, 3.8) is 0 Å². The lowest BCUT2D eigenvalue weighted by Crippen LogP contribution is -2.49. The second kappa shape index (κ2) is 8.26. The van der Waals surface area contributed by atoms with Crippen LogP contribution in [0.1, 0.15) is 36.0 Å². The molecule has 1 aliphatic rings. The summed E-state index contributed by atoms with van der Waals surface area (Å²) in [5.41, 5.74) is 5.51. The third-order valence-corrected chi connectivity index (χ3v) is 4.49. The Morgan fingerprint density at radius 1 is 1.43 bits per heavy atom. The van der Waals surface area contributed by atoms with Gasteiger partial charge in [-0.2, -0.15) is 0 Å². The van der Waals surface area contributed by atoms with Crippen molar-refractivity contribution in [2.24, 2.45) is 5.73 Å². The number of likely N-dealkylation sites (tertiary alicyclic amines) is 1. The number of carbonyl (C=O) groups is 2. The van der Waals surface area contributed by atoms with Crippen molar-refractivity contribution >= 4 is 27.7 Å². The molecule has 1 aromatic rings. The Morgan fingerprint density at radius 3 is 2.91 bits per heavy atom. The Hall–Kier alpha value is -1.67. The van der Waals surface area contributed by atoms with Gasteiger partial charge in [0, 0.05) is 38.3 Å². The molecule has 0 radical (unpaired) electrons. The molecular weight excluding hydrogens is 364 g/mol. The lowest BCUT2D eigenvalue weighted by molar-refractivity contribution is -0.121. The zero-order chi connectivity index (χ0) is 16.8. The van der Waals surface area contributed by atoms with Gasteiger partial charge in [0.1, 0.15) is 0 Å². The minimum absolute atomic E-state index is 0.0383. The Morgan fingerprint density at radius 2 is 2.22 bits per heavy atom. The molecule has 0 saturated carbocycles. The molecule has 1 saturated heterocycles. The van der Waals surface area contributed by atoms with Crippen LogP contribution in [0.4, 0.5) is 0 Å². The number of pyridine rings is 1. The number of H-pyrrole nitrogens is 1. The van der Waals surface area contributed by atoms with Crippen molar-refractivity contribution in [3.8, 4) is 0 Å². The maximum atomic E-state index is 12.7. The Kier molecular flexibility index (Phi) is 6.35. The maximum Gasteiger partial charge on any atom is 0.262 e. The van der Waals surface area contributed by atoms with Crippen molar-refractivity contribution in [1.29, 1.82) is 0 Å². The zero-order valence-electron chi connectivity index (χ0n) is 12.8. The second-order valence-corrected chi connectivity index (χ2v) is 6.41. The van der Waals surface area contributed by atoms with E-state index in [2.05, 4.69) is 26.2 Å². The number of nitrogens with zero attached hydrogens (tertiary/aromatic N) is 1. The van der Waals surface area contributed by atoms with Crippen LogP contribution in [-0.2, 0) is 4.79 Å². The Balaban J connectivity index is 2.07. The van der Waals surface area contributed by atoms with Gasteiger partial charge in [-0.3, -0.25) is 14.4 Å². The molecule has 0 aromatic carbocycles. The number of halogens is 1. The third kappa shape index (κ3) is 4.65. The average molecular weight is 385 g/mol. The molecule has 2 heterocycles. The standard InChI is InChI=1S/C15H21BrN4O3/c16-12-7-10(8-19-14(12)22)15(23)20-6-2-1-3-11(20)9-18-13(21)4-5-17/h7-8,11H,1-6,9,17H2,(H,18,21)(H,19,22). The average Bonchev–Trinajstić information content (AvgIpc) is 2.55. The van der Waals surface area contributed by atoms with Crippen LogP contribution in [-0.4, -0.2) is 47.4 Å². The van der Waals surface area contributed by atoms with Gasteiger partial charge < -0.3 is 20.9 Å². The fourth-order valence-corrected chi connectivity index (χ4v) is 3.04. The van der Waals surface area contributed by atoms with E-state index in [1.165, 1.54) is 12.3 Å². The molecule has 1 fully saturated rings. The molecule has 23 heavy (non-hydrogen) atoms. The first kappa shape index (κ1) is 17.7. The topological polar surface area (TPSA) is 108 Å². The molecule has 0 spiro atoms. The maximum absolute atomic E-state index is 12.7. The number of hydrogen-bond donors (Lipinski definition) is 3. The van der Waals surface area contributed by atoms with Crippen LogP contribution in [0.5, 0.6) is 0 Å². The predicted molar refractivity (Wildman–Crippen MR) is 90.1 cm³/mol. The minimum atomic E-state index is -0.272. The number of aromatic nitrogens is 1. The number of piperidine rings is 1. The monoisotopic (exact) mass is 384 g/mol. The summed E-state index contributed by atoms with van der Waals surface area (Å²) in [7, 11) is 0. The van der Waals surface area contributed by atoms with Gasteiger partial charge in [0.05, 0.1) is 10.0 Å². The highest BCUT2D eigenvalue weighted by atomic mass is 79.9. The zero-order valence-corrected chi connectivity index (χ0v) is 14.4. The molecule has 8 heteroatoms. The second-order valence-electron chi connectivity index (χ2n) is 5.56. The molecule has 1 aliphatic heterocycles. The summed E-state index contributed by atoms with van der Waals surface area (Å²) in [5.74, 6) is -0.239. The summed E-state index contributed by atoms with van der Waals surface area (Å²) < 4.78 is 0.327. The van der Waals surface area contributed by atoms with Crippen molar-refractivity contribution in [3.05, 3.63) is 32.7 Å². The summed E-state index contributed by atoms with van der Waals surface area (Å²) in [5, 5.41) is 2.83. The van der Waals surface area contributed by atoms with Crippen LogP contribution < -0.4 is 16.6 Å². The van der Waals surface area contributed by atoms with E-state index >= 15 is 0 Å². The van der Waals surface area contributed by atoms with Crippen LogP contribution in [0.15, 0.2) is 21.5 Å². The van der Waals surface area contributed by atoms with Crippen LogP contribution >= 0.6 is 15.9 Å². The molecule has 1 unspecified atom stereocenters. The third-order valence-electron chi connectivity index (χ3n) is 3.90. The fraction of sp³-hybridized carbons (Fsp3) is 0.533. The molecule has 0 bridgehead atoms. The molecule has 2 rings (SSSR count). The fourth-order valence-electron chi connectivity index (χ4n) is 2.68. The summed E-state index contributed by atoms with van der Waals surface area (Å²) in [4.78, 5) is 40.0. The molecule has 0 aliphatic carbocycles. The number of nitrogens with one attached hydrogen (secondary N) is 2. The number of hydrogen-bond acceptors (Lipinski definition) is 4. The van der Waals surface area contributed by atoms with E-state index in [9.17, 15) is 14.4 Å². The number of amides is 2. The van der Waals surface area contributed by atoms with Gasteiger partial charge in [0.25, 0.3) is 11.5 Å². The first-order valence-corrected chi connectivity index (χ1v) is 8.48. The van der Waals surface area contributed by atoms with Crippen molar-refractivity contribution in [2.75, 3.05) is 19.6 Å². The summed E-state index contributed by atoms with van der Waals surface area (Å²) in [6.45, 7) is 1.38. The molecule has 1 aromatic heterocycles. The van der Waals surface area contributed by atoms with Crippen LogP contribution in [0.2, 0.25) is 0 Å². The lowest BCUT2D eigenvalue weighted by atomic mass is 10.0. The van der Waals surface area contributed by atoms with Gasteiger partial charge in [-0.1, -0.05) is 0 Å². The predicted octanol–water partition coefficient (Wildman–Crippen LogP) is 0.597. The first-order valence-electron chi connectivity index (χ1n) is 7.69. The van der Waals surface area contributed by atoms with E-state index in [-0.39, 0.29) is 29.8 Å². The lowest BCUT2D eigenvalue weighted by Gasteiger charge is -2.36. The number of carbonyl (C=O) groups excluding carboxylic acids is 2. The normalized spacial score (nSPS) is 17.8. The van der Waals surface area contributed by atoms with E-state index in [0.29, 0.717) is 29.7 Å². The van der Waals surface area contributed by atoms with Gasteiger partial charge >= 0.3 is 0 Å². The summed E-state index contributed by atoms with van der Waals surface area (Å²) in [6, 6.07) is 1.49. The number of nitrogens with two attached hydrogens (primary N) is 1. The Bertz CT molecular complexity index is 631. The Labute approximate surface area is 142 Å². The van der Waals surface area contributed by atoms with Crippen LogP contribution in [0, 0.1) is 0 Å². The quantitative estimate of drug-likeness (QED) is 0.690. The number of aromatic amines is 1. The van der Waals surface area contributed by atoms with Gasteiger partial charge in [0.15, 0.2) is 0 Å². The molecule has 7 nitrogen and oxygen atoms in total. The largest absolute Gasteiger partial charge is 0.354 e. The number of rotatable bonds is 5. The van der Waals surface area contributed by atoms with Crippen molar-refractivity contribution in [1.82, 2.24) is 15.2 Å². The SMILES string of the molecule is NCCC(=O)NCC1CCCCN1C(=O)c1c[nH]c(=O)c(Br)c1. The highest BCUT2D eigenvalue weighted by Crippen LogP contribution is 2.19. The van der Waals surface area contributed by atoms with E-state index < -0.39 is 0 Å². The van der Waals surface area contributed by atoms with Crippen LogP contribution in [0.25, 0.3) is 0 Å². The molecule has 126 valence electrons. The molecule has 4 N–H and O–H groups in total. The molecular formula is C15H21BrN4O3. The minimum Gasteiger partial charge on any atom is -0.354 e. The molecule has 2 amide bonds. The van der Waals surface area contributed by atoms with E-state index in [0.717, 1.165) is 19.3 Å². The summed E-state index contributed by atoms with van der Waals surface area (Å²) in [6.07, 6.45) is 4.51. The van der Waals surface area contributed by atoms with Gasteiger partial charge in [-0.15, -0.1) is 0 Å². The van der Waals surface area contributed by atoms with Gasteiger partial charge in [-0.05, 0) is 41.3 Å². The van der Waals surface area contributed by atoms with Crippen LogP contribution in [0.3, 0.4) is 0 Å². The van der Waals surface area contributed by atoms with Gasteiger partial charge in [-0.25, -0.2) is 0 Å². The first-order chi connectivity index (χ1) is 11.0. The summed E-state index contributed by atoms with van der Waals surface area (Å²) >= 11 is 3.14. The smallest absolute Gasteiger partial charge is 0.262 e. The van der Waals surface area contributed by atoms with E-state index in [4.69, 9.17) is 5.73 Å². The van der Waals surface area contributed by atoms with Crippen molar-refractivity contribution in [2.45, 2.75) is 31.7 Å². The van der Waals surface area contributed by atoms with Gasteiger partial charge in [0.2, 0.25) is 5.91 Å². The highest BCUT2D eigenvalue weighted by molar-refractivity contribution is 9.10. The van der Waals surface area contributed by atoms with E-state index in [1.54, 1.807) is 4.90 Å². The van der Waals surface area contributed by atoms with E-state index in [1.807, 2.05) is 0 Å². The van der Waals surface area contributed by atoms with Crippen molar-refractivity contribution < 1.29 is 9.59 Å². The highest BCUT2D eigenvalue weighted by Gasteiger charge is 2.28. The molecule has 1 atom stereocenters.